The fraction of sp³-hybridized carbons (Fsp3) is 0.364. The van der Waals surface area contributed by atoms with E-state index in [1.54, 1.807) is 17.0 Å². The molecule has 1 saturated heterocycles. The molecular formula is C33H38FN3O4. The second kappa shape index (κ2) is 15.7. The minimum Gasteiger partial charge on any atom is -0.367 e. The van der Waals surface area contributed by atoms with Crippen molar-refractivity contribution in [3.05, 3.63) is 95.8 Å². The number of carbonyl (C=O) groups is 3. The SMILES string of the molecule is O=C(COCc1ccc(F)cc1)NCCCCCC(=O)N1CCCC1C(=O)NCc1ccc(-c2ccccc2)cc1. The van der Waals surface area contributed by atoms with Crippen molar-refractivity contribution in [1.82, 2.24) is 15.5 Å². The van der Waals surface area contributed by atoms with E-state index in [0.29, 0.717) is 38.9 Å². The summed E-state index contributed by atoms with van der Waals surface area (Å²) in [6.45, 7) is 1.72. The average molecular weight is 560 g/mol. The van der Waals surface area contributed by atoms with Crippen LogP contribution in [0, 0.1) is 5.82 Å². The quantitative estimate of drug-likeness (QED) is 0.273. The summed E-state index contributed by atoms with van der Waals surface area (Å²) in [5.74, 6) is -0.613. The number of nitrogens with zero attached hydrogens (tertiary/aromatic N) is 1. The predicted octanol–water partition coefficient (Wildman–Crippen LogP) is 4.99. The van der Waals surface area contributed by atoms with E-state index in [9.17, 15) is 18.8 Å². The van der Waals surface area contributed by atoms with E-state index < -0.39 is 6.04 Å². The van der Waals surface area contributed by atoms with Gasteiger partial charge < -0.3 is 20.3 Å². The van der Waals surface area contributed by atoms with Gasteiger partial charge in [-0.2, -0.15) is 0 Å². The van der Waals surface area contributed by atoms with E-state index in [0.717, 1.165) is 41.5 Å². The number of nitrogens with one attached hydrogen (secondary N) is 2. The van der Waals surface area contributed by atoms with Gasteiger partial charge in [0.15, 0.2) is 0 Å². The summed E-state index contributed by atoms with van der Waals surface area (Å²) in [6, 6.07) is 23.8. The Morgan fingerprint density at radius 1 is 0.829 bits per heavy atom. The number of hydrogen-bond acceptors (Lipinski definition) is 4. The van der Waals surface area contributed by atoms with Crippen molar-refractivity contribution in [2.75, 3.05) is 19.7 Å². The van der Waals surface area contributed by atoms with Gasteiger partial charge in [0.05, 0.1) is 6.61 Å². The lowest BCUT2D eigenvalue weighted by Gasteiger charge is -2.24. The Morgan fingerprint density at radius 3 is 2.29 bits per heavy atom. The summed E-state index contributed by atoms with van der Waals surface area (Å²) in [5, 5.41) is 5.82. The third kappa shape index (κ3) is 9.53. The molecule has 1 aliphatic rings. The van der Waals surface area contributed by atoms with Crippen molar-refractivity contribution in [3.8, 4) is 11.1 Å². The number of benzene rings is 3. The van der Waals surface area contributed by atoms with Crippen LogP contribution in [0.1, 0.15) is 49.7 Å². The maximum absolute atomic E-state index is 12.9. The van der Waals surface area contributed by atoms with Crippen LogP contribution in [0.3, 0.4) is 0 Å². The fourth-order valence-corrected chi connectivity index (χ4v) is 4.93. The Labute approximate surface area is 241 Å². The minimum absolute atomic E-state index is 0.00749. The lowest BCUT2D eigenvalue weighted by Crippen LogP contribution is -2.45. The van der Waals surface area contributed by atoms with Gasteiger partial charge in [0, 0.05) is 26.1 Å². The first kappa shape index (κ1) is 29.9. The Kier molecular flexibility index (Phi) is 11.4. The topological polar surface area (TPSA) is 87.7 Å². The third-order valence-electron chi connectivity index (χ3n) is 7.21. The Hall–Kier alpha value is -4.04. The second-order valence-corrected chi connectivity index (χ2v) is 10.3. The molecule has 0 saturated carbocycles. The van der Waals surface area contributed by atoms with E-state index in [1.165, 1.54) is 12.1 Å². The molecule has 8 heteroatoms. The molecule has 1 fully saturated rings. The molecular weight excluding hydrogens is 521 g/mol. The lowest BCUT2D eigenvalue weighted by atomic mass is 10.0. The Balaban J connectivity index is 1.08. The maximum atomic E-state index is 12.9. The molecule has 4 rings (SSSR count). The Morgan fingerprint density at radius 2 is 1.54 bits per heavy atom. The number of likely N-dealkylation sites (tertiary alicyclic amines) is 1. The van der Waals surface area contributed by atoms with Gasteiger partial charge in [-0.1, -0.05) is 73.2 Å². The molecule has 3 aromatic carbocycles. The average Bonchev–Trinajstić information content (AvgIpc) is 3.50. The number of amides is 3. The van der Waals surface area contributed by atoms with Crippen LogP contribution in [0.2, 0.25) is 0 Å². The largest absolute Gasteiger partial charge is 0.367 e. The van der Waals surface area contributed by atoms with Crippen LogP contribution in [0.25, 0.3) is 11.1 Å². The van der Waals surface area contributed by atoms with E-state index in [1.807, 2.05) is 30.3 Å². The molecule has 1 atom stereocenters. The van der Waals surface area contributed by atoms with Gasteiger partial charge in [-0.05, 0) is 60.1 Å². The monoisotopic (exact) mass is 559 g/mol. The molecule has 1 aliphatic heterocycles. The van der Waals surface area contributed by atoms with Crippen LogP contribution in [0.5, 0.6) is 0 Å². The zero-order valence-corrected chi connectivity index (χ0v) is 23.3. The van der Waals surface area contributed by atoms with Gasteiger partial charge in [-0.3, -0.25) is 14.4 Å². The van der Waals surface area contributed by atoms with E-state index in [-0.39, 0.29) is 36.8 Å². The van der Waals surface area contributed by atoms with Crippen LogP contribution in [-0.2, 0) is 32.3 Å². The highest BCUT2D eigenvalue weighted by Crippen LogP contribution is 2.21. The van der Waals surface area contributed by atoms with Crippen molar-refractivity contribution in [1.29, 1.82) is 0 Å². The van der Waals surface area contributed by atoms with Crippen molar-refractivity contribution in [2.45, 2.75) is 57.7 Å². The minimum atomic E-state index is -0.416. The number of unbranched alkanes of at least 4 members (excludes halogenated alkanes) is 2. The van der Waals surface area contributed by atoms with Crippen molar-refractivity contribution in [2.24, 2.45) is 0 Å². The molecule has 3 amide bonds. The van der Waals surface area contributed by atoms with Gasteiger partial charge in [0.2, 0.25) is 17.7 Å². The number of ether oxygens (including phenoxy) is 1. The Bertz CT molecular complexity index is 1270. The highest BCUT2D eigenvalue weighted by molar-refractivity contribution is 5.88. The van der Waals surface area contributed by atoms with Gasteiger partial charge >= 0.3 is 0 Å². The maximum Gasteiger partial charge on any atom is 0.246 e. The van der Waals surface area contributed by atoms with Crippen LogP contribution < -0.4 is 10.6 Å². The summed E-state index contributed by atoms with van der Waals surface area (Å²) in [7, 11) is 0. The van der Waals surface area contributed by atoms with Gasteiger partial charge in [-0.25, -0.2) is 4.39 Å². The molecule has 216 valence electrons. The van der Waals surface area contributed by atoms with Crippen LogP contribution >= 0.6 is 0 Å². The summed E-state index contributed by atoms with van der Waals surface area (Å²) in [6.07, 6.45) is 4.15. The van der Waals surface area contributed by atoms with Crippen LogP contribution in [-0.4, -0.2) is 48.4 Å². The first-order chi connectivity index (χ1) is 20.0. The smallest absolute Gasteiger partial charge is 0.246 e. The number of halogens is 1. The lowest BCUT2D eigenvalue weighted by molar-refractivity contribution is -0.138. The molecule has 41 heavy (non-hydrogen) atoms. The molecule has 0 radical (unpaired) electrons. The van der Waals surface area contributed by atoms with Crippen molar-refractivity contribution < 1.29 is 23.5 Å². The molecule has 0 aliphatic carbocycles. The standard InChI is InChI=1S/C33H38FN3O4/c34-29-18-14-26(15-19-29)23-41-24-31(38)35-20-6-2-5-11-32(39)37-21-7-10-30(37)33(40)36-22-25-12-16-28(17-13-25)27-8-3-1-4-9-27/h1,3-4,8-9,12-19,30H,2,5-7,10-11,20-24H2,(H,35,38)(H,36,40). The van der Waals surface area contributed by atoms with Gasteiger partial charge in [0.25, 0.3) is 0 Å². The first-order valence-electron chi connectivity index (χ1n) is 14.3. The van der Waals surface area contributed by atoms with Gasteiger partial charge in [-0.15, -0.1) is 0 Å². The first-order valence-corrected chi connectivity index (χ1v) is 14.3. The summed E-state index contributed by atoms with van der Waals surface area (Å²) in [5.41, 5.74) is 4.09. The van der Waals surface area contributed by atoms with Gasteiger partial charge in [0.1, 0.15) is 18.5 Å². The van der Waals surface area contributed by atoms with E-state index in [4.69, 9.17) is 4.74 Å². The molecule has 1 heterocycles. The molecule has 7 nitrogen and oxygen atoms in total. The van der Waals surface area contributed by atoms with Crippen molar-refractivity contribution >= 4 is 17.7 Å². The fourth-order valence-electron chi connectivity index (χ4n) is 4.93. The number of hydrogen-bond donors (Lipinski definition) is 2. The summed E-state index contributed by atoms with van der Waals surface area (Å²) in [4.78, 5) is 39.4. The number of carbonyl (C=O) groups excluding carboxylic acids is 3. The molecule has 3 aromatic rings. The zero-order chi connectivity index (χ0) is 28.9. The summed E-state index contributed by atoms with van der Waals surface area (Å²) >= 11 is 0. The molecule has 0 bridgehead atoms. The summed E-state index contributed by atoms with van der Waals surface area (Å²) < 4.78 is 18.3. The van der Waals surface area contributed by atoms with Crippen LogP contribution in [0.4, 0.5) is 4.39 Å². The van der Waals surface area contributed by atoms with Crippen LogP contribution in [0.15, 0.2) is 78.9 Å². The highest BCUT2D eigenvalue weighted by Gasteiger charge is 2.33. The third-order valence-corrected chi connectivity index (χ3v) is 7.21. The highest BCUT2D eigenvalue weighted by atomic mass is 19.1. The molecule has 2 N–H and O–H groups in total. The second-order valence-electron chi connectivity index (χ2n) is 10.3. The van der Waals surface area contributed by atoms with Crippen molar-refractivity contribution in [3.63, 3.8) is 0 Å². The predicted molar refractivity (Wildman–Crippen MR) is 156 cm³/mol. The molecule has 0 spiro atoms. The zero-order valence-electron chi connectivity index (χ0n) is 23.3. The number of rotatable bonds is 14. The molecule has 0 aromatic heterocycles. The van der Waals surface area contributed by atoms with E-state index >= 15 is 0 Å². The normalized spacial score (nSPS) is 14.6. The van der Waals surface area contributed by atoms with E-state index in [2.05, 4.69) is 34.9 Å². The molecule has 1 unspecified atom stereocenters.